The number of hydrogen-bond acceptors (Lipinski definition) is 2. The Morgan fingerprint density at radius 2 is 0.636 bits per heavy atom. The summed E-state index contributed by atoms with van der Waals surface area (Å²) < 4.78 is 5.53. The SMILES string of the molecule is c1ccc2c(c1)sc1c2ccc2c3cc(-c4ccc(-c5ccc6c7ccccc7c7ccccc7c6c5)cc4)ccc3sc21. The molecule has 2 aromatic heterocycles. The largest absolute Gasteiger partial charge is 0.134 e. The van der Waals surface area contributed by atoms with Crippen LogP contribution in [0.1, 0.15) is 0 Å². The highest BCUT2D eigenvalue weighted by molar-refractivity contribution is 7.33. The molecule has 0 nitrogen and oxygen atoms in total. The molecule has 0 saturated heterocycles. The Labute approximate surface area is 262 Å². The maximum Gasteiger partial charge on any atom is 0.0534 e. The van der Waals surface area contributed by atoms with E-state index in [1.807, 2.05) is 22.7 Å². The summed E-state index contributed by atoms with van der Waals surface area (Å²) >= 11 is 3.84. The Morgan fingerprint density at radius 3 is 1.25 bits per heavy atom. The molecule has 8 aromatic carbocycles. The van der Waals surface area contributed by atoms with Gasteiger partial charge in [0.25, 0.3) is 0 Å². The number of rotatable bonds is 2. The van der Waals surface area contributed by atoms with Gasteiger partial charge < -0.3 is 0 Å². The normalized spacial score (nSPS) is 12.1. The lowest BCUT2D eigenvalue weighted by Crippen LogP contribution is -1.85. The summed E-state index contributed by atoms with van der Waals surface area (Å²) in [6, 6.07) is 54.0. The average molecular weight is 593 g/mol. The summed E-state index contributed by atoms with van der Waals surface area (Å²) in [7, 11) is 0. The lowest BCUT2D eigenvalue weighted by Gasteiger charge is -2.12. The first-order valence-corrected chi connectivity index (χ1v) is 16.6. The highest BCUT2D eigenvalue weighted by Crippen LogP contribution is 2.45. The second kappa shape index (κ2) is 9.24. The molecule has 0 aliphatic carbocycles. The Morgan fingerprint density at radius 1 is 0.250 bits per heavy atom. The van der Waals surface area contributed by atoms with Crippen LogP contribution in [0, 0.1) is 0 Å². The Kier molecular flexibility index (Phi) is 5.13. The average Bonchev–Trinajstić information content (AvgIpc) is 3.66. The van der Waals surface area contributed by atoms with Gasteiger partial charge in [0, 0.05) is 30.9 Å². The van der Waals surface area contributed by atoms with Crippen LogP contribution < -0.4 is 0 Å². The molecule has 0 amide bonds. The summed E-state index contributed by atoms with van der Waals surface area (Å²) in [6.07, 6.45) is 0. The van der Waals surface area contributed by atoms with Gasteiger partial charge >= 0.3 is 0 Å². The molecule has 204 valence electrons. The van der Waals surface area contributed by atoms with Gasteiger partial charge in [0.05, 0.1) is 9.40 Å². The van der Waals surface area contributed by atoms with Crippen molar-refractivity contribution in [1.29, 1.82) is 0 Å². The minimum absolute atomic E-state index is 1.24. The van der Waals surface area contributed by atoms with Gasteiger partial charge in [0.1, 0.15) is 0 Å². The van der Waals surface area contributed by atoms with Crippen LogP contribution in [0.5, 0.6) is 0 Å². The first kappa shape index (κ1) is 24.4. The van der Waals surface area contributed by atoms with Crippen molar-refractivity contribution in [3.8, 4) is 22.3 Å². The summed E-state index contributed by atoms with van der Waals surface area (Å²) in [5, 5.41) is 13.3. The van der Waals surface area contributed by atoms with E-state index in [1.54, 1.807) is 0 Å². The van der Waals surface area contributed by atoms with E-state index in [0.717, 1.165) is 0 Å². The van der Waals surface area contributed by atoms with Crippen molar-refractivity contribution < 1.29 is 0 Å². The van der Waals surface area contributed by atoms with Crippen molar-refractivity contribution in [3.05, 3.63) is 146 Å². The smallest absolute Gasteiger partial charge is 0.0534 e. The van der Waals surface area contributed by atoms with E-state index < -0.39 is 0 Å². The molecular formula is C42H24S2. The van der Waals surface area contributed by atoms with Crippen molar-refractivity contribution in [2.45, 2.75) is 0 Å². The van der Waals surface area contributed by atoms with Crippen LogP contribution in [-0.2, 0) is 0 Å². The van der Waals surface area contributed by atoms with E-state index in [-0.39, 0.29) is 0 Å². The third-order valence-electron chi connectivity index (χ3n) is 9.28. The fraction of sp³-hybridized carbons (Fsp3) is 0. The first-order valence-electron chi connectivity index (χ1n) is 15.0. The molecule has 44 heavy (non-hydrogen) atoms. The first-order chi connectivity index (χ1) is 21.8. The van der Waals surface area contributed by atoms with E-state index >= 15 is 0 Å². The highest BCUT2D eigenvalue weighted by Gasteiger charge is 2.14. The minimum atomic E-state index is 1.24. The van der Waals surface area contributed by atoms with Gasteiger partial charge in [-0.1, -0.05) is 121 Å². The van der Waals surface area contributed by atoms with Crippen LogP contribution >= 0.6 is 22.7 Å². The van der Waals surface area contributed by atoms with Crippen LogP contribution in [-0.4, -0.2) is 0 Å². The van der Waals surface area contributed by atoms with Crippen molar-refractivity contribution in [2.75, 3.05) is 0 Å². The molecule has 0 bridgehead atoms. The van der Waals surface area contributed by atoms with Crippen molar-refractivity contribution in [1.82, 2.24) is 0 Å². The van der Waals surface area contributed by atoms with Gasteiger partial charge in [-0.05, 0) is 78.8 Å². The van der Waals surface area contributed by atoms with Crippen LogP contribution in [0.25, 0.3) is 94.9 Å². The molecular weight excluding hydrogens is 569 g/mol. The third kappa shape index (κ3) is 3.50. The molecule has 2 heteroatoms. The number of benzene rings is 8. The Hall–Kier alpha value is -5.02. The molecule has 0 atom stereocenters. The number of hydrogen-bond donors (Lipinski definition) is 0. The van der Waals surface area contributed by atoms with Gasteiger partial charge in [-0.2, -0.15) is 0 Å². The van der Waals surface area contributed by atoms with Gasteiger partial charge in [-0.3, -0.25) is 0 Å². The third-order valence-corrected chi connectivity index (χ3v) is 11.8. The van der Waals surface area contributed by atoms with Gasteiger partial charge in [0.15, 0.2) is 0 Å². The van der Waals surface area contributed by atoms with Crippen LogP contribution in [0.15, 0.2) is 146 Å². The molecule has 0 fully saturated rings. The summed E-state index contributed by atoms with van der Waals surface area (Å²) in [5.74, 6) is 0. The number of fused-ring (bicyclic) bond motifs is 13. The molecule has 0 aliphatic rings. The van der Waals surface area contributed by atoms with Crippen LogP contribution in [0.4, 0.5) is 0 Å². The van der Waals surface area contributed by atoms with Gasteiger partial charge in [0.2, 0.25) is 0 Å². The zero-order valence-corrected chi connectivity index (χ0v) is 25.3. The standard InChI is InChI=1S/C42H24S2/c1-2-9-31-29(7-1)30-8-3-4-10-32(30)37-23-27(17-19-33(31)37)25-13-15-26(16-14-25)28-18-22-40-38(24-28)36-21-20-35-34-11-5-6-12-39(34)43-41(35)42(36)44-40/h1-24H. The maximum absolute atomic E-state index is 2.38. The Balaban J connectivity index is 1.07. The van der Waals surface area contributed by atoms with E-state index in [0.29, 0.717) is 0 Å². The summed E-state index contributed by atoms with van der Waals surface area (Å²) in [5.41, 5.74) is 4.99. The van der Waals surface area contributed by atoms with E-state index in [1.165, 1.54) is 94.9 Å². The molecule has 0 unspecified atom stereocenters. The van der Waals surface area contributed by atoms with E-state index in [9.17, 15) is 0 Å². The molecule has 0 aliphatic heterocycles. The van der Waals surface area contributed by atoms with Crippen molar-refractivity contribution in [2.24, 2.45) is 0 Å². The summed E-state index contributed by atoms with van der Waals surface area (Å²) in [4.78, 5) is 0. The van der Waals surface area contributed by atoms with E-state index in [4.69, 9.17) is 0 Å². The summed E-state index contributed by atoms with van der Waals surface area (Å²) in [6.45, 7) is 0. The van der Waals surface area contributed by atoms with Crippen molar-refractivity contribution >= 4 is 95.3 Å². The zero-order valence-electron chi connectivity index (χ0n) is 23.7. The second-order valence-electron chi connectivity index (χ2n) is 11.7. The minimum Gasteiger partial charge on any atom is -0.134 e. The molecule has 10 aromatic rings. The monoisotopic (exact) mass is 592 g/mol. The maximum atomic E-state index is 2.38. The predicted molar refractivity (Wildman–Crippen MR) is 196 cm³/mol. The fourth-order valence-corrected chi connectivity index (χ4v) is 9.66. The van der Waals surface area contributed by atoms with E-state index in [2.05, 4.69) is 146 Å². The molecule has 10 rings (SSSR count). The number of thiophene rings is 2. The van der Waals surface area contributed by atoms with Crippen LogP contribution in [0.3, 0.4) is 0 Å². The molecule has 0 saturated carbocycles. The lowest BCUT2D eigenvalue weighted by molar-refractivity contribution is 1.62. The topological polar surface area (TPSA) is 0 Å². The molecule has 2 heterocycles. The Bertz CT molecular complexity index is 2720. The molecule has 0 radical (unpaired) electrons. The molecule has 0 spiro atoms. The fourth-order valence-electron chi connectivity index (χ4n) is 7.14. The highest BCUT2D eigenvalue weighted by atomic mass is 32.1. The zero-order chi connectivity index (χ0) is 28.8. The van der Waals surface area contributed by atoms with Gasteiger partial charge in [-0.25, -0.2) is 0 Å². The predicted octanol–water partition coefficient (Wildman–Crippen LogP) is 13.2. The van der Waals surface area contributed by atoms with Crippen molar-refractivity contribution in [3.63, 3.8) is 0 Å². The lowest BCUT2D eigenvalue weighted by atomic mass is 9.92. The quantitative estimate of drug-likeness (QED) is 0.175. The van der Waals surface area contributed by atoms with Crippen LogP contribution in [0.2, 0.25) is 0 Å². The molecule has 0 N–H and O–H groups in total. The second-order valence-corrected chi connectivity index (χ2v) is 13.8. The van der Waals surface area contributed by atoms with Gasteiger partial charge in [-0.15, -0.1) is 22.7 Å².